The second-order valence-corrected chi connectivity index (χ2v) is 3.57. The van der Waals surface area contributed by atoms with Crippen molar-refractivity contribution in [3.8, 4) is 0 Å². The fourth-order valence-corrected chi connectivity index (χ4v) is 0.973. The standard InChI is InChI=1S/C18H19.Re/c1-7-9-11-15(3)17(5)13-14-18(6)16(4)12-10-8-2;/h7,9-14H,1-6H2;/q-1;/b11-9-,12-10-,14-13-;. The van der Waals surface area contributed by atoms with Crippen LogP contribution in [0.1, 0.15) is 0 Å². The second kappa shape index (κ2) is 11.4. The molecule has 0 fully saturated rings. The maximum Gasteiger partial charge on any atom is 0 e. The van der Waals surface area contributed by atoms with Gasteiger partial charge in [0.1, 0.15) is 0 Å². The van der Waals surface area contributed by atoms with Crippen LogP contribution in [0.3, 0.4) is 0 Å². The summed E-state index contributed by atoms with van der Waals surface area (Å²) in [5, 5.41) is 0. The largest absolute Gasteiger partial charge is 0.258 e. The van der Waals surface area contributed by atoms with E-state index in [2.05, 4.69) is 45.5 Å². The monoisotopic (exact) mass is 422 g/mol. The summed E-state index contributed by atoms with van der Waals surface area (Å²) in [6.07, 6.45) is 15.2. The molecule has 0 unspecified atom stereocenters. The Morgan fingerprint density at radius 2 is 1.16 bits per heavy atom. The van der Waals surface area contributed by atoms with Crippen molar-refractivity contribution in [2.75, 3.05) is 0 Å². The molecule has 0 saturated carbocycles. The van der Waals surface area contributed by atoms with Crippen LogP contribution in [0.2, 0.25) is 0 Å². The molecule has 0 aliphatic carbocycles. The summed E-state index contributed by atoms with van der Waals surface area (Å²) < 4.78 is 0. The van der Waals surface area contributed by atoms with E-state index in [-0.39, 0.29) is 20.4 Å². The molecule has 0 aliphatic rings. The minimum absolute atomic E-state index is 0. The maximum atomic E-state index is 3.92. The third kappa shape index (κ3) is 8.97. The summed E-state index contributed by atoms with van der Waals surface area (Å²) in [4.78, 5) is 0. The van der Waals surface area contributed by atoms with E-state index in [0.29, 0.717) is 0 Å². The van der Waals surface area contributed by atoms with Crippen LogP contribution in [0.5, 0.6) is 0 Å². The van der Waals surface area contributed by atoms with E-state index in [1.807, 2.05) is 24.3 Å². The van der Waals surface area contributed by atoms with Gasteiger partial charge in [-0.2, -0.15) is 6.58 Å². The Balaban J connectivity index is 0. The van der Waals surface area contributed by atoms with Crippen LogP contribution < -0.4 is 0 Å². The zero-order chi connectivity index (χ0) is 14.0. The number of hydrogen-bond acceptors (Lipinski definition) is 0. The zero-order valence-electron chi connectivity index (χ0n) is 11.2. The molecule has 99 valence electrons. The van der Waals surface area contributed by atoms with Crippen LogP contribution in [-0.4, -0.2) is 0 Å². The molecule has 0 aromatic heterocycles. The van der Waals surface area contributed by atoms with Crippen molar-refractivity contribution in [3.63, 3.8) is 0 Å². The first-order chi connectivity index (χ1) is 8.52. The summed E-state index contributed by atoms with van der Waals surface area (Å²) in [7, 11) is 0. The Kier molecular flexibility index (Phi) is 11.8. The number of hydrogen-bond donors (Lipinski definition) is 0. The van der Waals surface area contributed by atoms with Gasteiger partial charge in [-0.1, -0.05) is 56.7 Å². The minimum Gasteiger partial charge on any atom is -0.258 e. The van der Waals surface area contributed by atoms with E-state index in [9.17, 15) is 0 Å². The van der Waals surface area contributed by atoms with Crippen LogP contribution in [0.15, 0.2) is 104 Å². The topological polar surface area (TPSA) is 0 Å². The molecule has 0 rings (SSSR count). The van der Waals surface area contributed by atoms with Gasteiger partial charge < -0.3 is 0 Å². The minimum atomic E-state index is 0. The molecule has 0 atom stereocenters. The predicted molar refractivity (Wildman–Crippen MR) is 83.0 cm³/mol. The first kappa shape index (κ1) is 19.7. The Hall–Kier alpha value is -1.68. The van der Waals surface area contributed by atoms with Crippen molar-refractivity contribution < 1.29 is 20.4 Å². The summed E-state index contributed by atoms with van der Waals surface area (Å²) in [6.45, 7) is 22.7. The van der Waals surface area contributed by atoms with Crippen LogP contribution in [0, 0.1) is 6.08 Å². The second-order valence-electron chi connectivity index (χ2n) is 3.57. The maximum absolute atomic E-state index is 3.92. The van der Waals surface area contributed by atoms with Gasteiger partial charge in [0, 0.05) is 20.4 Å². The summed E-state index contributed by atoms with van der Waals surface area (Å²) in [5.74, 6) is 0. The van der Waals surface area contributed by atoms with Gasteiger partial charge in [-0.05, 0) is 16.7 Å². The third-order valence-electron chi connectivity index (χ3n) is 2.15. The van der Waals surface area contributed by atoms with Gasteiger partial charge in [0.05, 0.1) is 0 Å². The Labute approximate surface area is 131 Å². The predicted octanol–water partition coefficient (Wildman–Crippen LogP) is 5.05. The van der Waals surface area contributed by atoms with Crippen LogP contribution >= 0.6 is 0 Å². The third-order valence-corrected chi connectivity index (χ3v) is 2.15. The van der Waals surface area contributed by atoms with Crippen molar-refractivity contribution in [1.29, 1.82) is 0 Å². The molecule has 0 aromatic rings. The van der Waals surface area contributed by atoms with Crippen LogP contribution in [0.25, 0.3) is 0 Å². The Morgan fingerprint density at radius 3 is 1.58 bits per heavy atom. The molecular formula is C18H19Re-. The molecule has 0 amide bonds. The van der Waals surface area contributed by atoms with Crippen molar-refractivity contribution >= 4 is 0 Å². The van der Waals surface area contributed by atoms with E-state index in [4.69, 9.17) is 0 Å². The molecule has 1 heteroatoms. The molecule has 1 radical (unpaired) electrons. The van der Waals surface area contributed by atoms with E-state index >= 15 is 0 Å². The summed E-state index contributed by atoms with van der Waals surface area (Å²) >= 11 is 0. The van der Waals surface area contributed by atoms with Gasteiger partial charge >= 0.3 is 0 Å². The zero-order valence-corrected chi connectivity index (χ0v) is 13.9. The van der Waals surface area contributed by atoms with E-state index in [0.717, 1.165) is 22.3 Å². The fraction of sp³-hybridized carbons (Fsp3) is 0. The molecule has 0 heterocycles. The molecule has 0 N–H and O–H groups in total. The molecule has 0 saturated heterocycles. The van der Waals surface area contributed by atoms with Crippen molar-refractivity contribution in [1.82, 2.24) is 0 Å². The molecule has 0 spiro atoms. The molecule has 0 bridgehead atoms. The van der Waals surface area contributed by atoms with Crippen LogP contribution in [-0.2, 0) is 20.4 Å². The number of allylic oxidation sites excluding steroid dienone is 12. The van der Waals surface area contributed by atoms with Crippen LogP contribution in [0.4, 0.5) is 0 Å². The molecular weight excluding hydrogens is 402 g/mol. The molecule has 0 aromatic carbocycles. The van der Waals surface area contributed by atoms with Crippen molar-refractivity contribution in [2.24, 2.45) is 0 Å². The number of rotatable bonds is 8. The average molecular weight is 422 g/mol. The van der Waals surface area contributed by atoms with Gasteiger partial charge in [-0.25, -0.2) is 12.2 Å². The average Bonchev–Trinajstić information content (AvgIpc) is 2.38. The Morgan fingerprint density at radius 1 is 0.737 bits per heavy atom. The van der Waals surface area contributed by atoms with Gasteiger partial charge in [-0.15, -0.1) is 12.2 Å². The summed E-state index contributed by atoms with van der Waals surface area (Å²) in [5.41, 5.74) is 3.27. The van der Waals surface area contributed by atoms with Gasteiger partial charge in [0.15, 0.2) is 0 Å². The smallest absolute Gasteiger partial charge is 0 e. The van der Waals surface area contributed by atoms with Crippen molar-refractivity contribution in [3.05, 3.63) is 110 Å². The van der Waals surface area contributed by atoms with E-state index < -0.39 is 0 Å². The SMILES string of the molecule is C=[C-]/C=C\C(=C)C(=C)/C=C\C(=C)C(=C)/C=C\C=C.[Re]. The first-order valence-corrected chi connectivity index (χ1v) is 5.45. The molecule has 19 heavy (non-hydrogen) atoms. The fourth-order valence-electron chi connectivity index (χ4n) is 0.973. The molecule has 0 aliphatic heterocycles. The van der Waals surface area contributed by atoms with Gasteiger partial charge in [-0.3, -0.25) is 6.08 Å². The first-order valence-electron chi connectivity index (χ1n) is 5.45. The molecule has 0 nitrogen and oxygen atoms in total. The quantitative estimate of drug-likeness (QED) is 0.380. The summed E-state index contributed by atoms with van der Waals surface area (Å²) in [6, 6.07) is 0. The van der Waals surface area contributed by atoms with Gasteiger partial charge in [0.25, 0.3) is 0 Å². The van der Waals surface area contributed by atoms with Gasteiger partial charge in [0.2, 0.25) is 0 Å². The van der Waals surface area contributed by atoms with Crippen molar-refractivity contribution in [2.45, 2.75) is 0 Å². The normalized spacial score (nSPS) is 10.3. The van der Waals surface area contributed by atoms with E-state index in [1.165, 1.54) is 0 Å². The van der Waals surface area contributed by atoms with E-state index in [1.54, 1.807) is 18.2 Å². The Bertz CT molecular complexity index is 424.